The summed E-state index contributed by atoms with van der Waals surface area (Å²) in [7, 11) is -4.07. The Labute approximate surface area is 123 Å². The Kier molecular flexibility index (Phi) is 5.29. The van der Waals surface area contributed by atoms with Crippen molar-refractivity contribution < 1.29 is 17.2 Å². The lowest BCUT2D eigenvalue weighted by Crippen LogP contribution is -2.31. The molecular formula is C14H20F2N2O2S. The number of hydrogen-bond acceptors (Lipinski definition) is 3. The Morgan fingerprint density at radius 1 is 1.19 bits per heavy atom. The minimum Gasteiger partial charge on any atom is -0.326 e. The molecule has 1 fully saturated rings. The quantitative estimate of drug-likeness (QED) is 0.875. The highest BCUT2D eigenvalue weighted by Gasteiger charge is 2.24. The maximum Gasteiger partial charge on any atom is 0.243 e. The Bertz CT molecular complexity index is 599. The molecule has 0 saturated heterocycles. The SMILES string of the molecule is NCc1cc(F)c(F)c(S(=O)(=O)NCC2CCCCC2)c1. The van der Waals surface area contributed by atoms with E-state index in [0.29, 0.717) is 0 Å². The Balaban J connectivity index is 2.16. The van der Waals surface area contributed by atoms with Crippen molar-refractivity contribution in [2.45, 2.75) is 43.5 Å². The van der Waals surface area contributed by atoms with E-state index in [4.69, 9.17) is 5.73 Å². The minimum atomic E-state index is -4.07. The maximum atomic E-state index is 13.7. The van der Waals surface area contributed by atoms with Gasteiger partial charge in [-0.1, -0.05) is 19.3 Å². The molecule has 1 aliphatic rings. The van der Waals surface area contributed by atoms with Gasteiger partial charge in [-0.25, -0.2) is 21.9 Å². The molecule has 3 N–H and O–H groups in total. The normalized spacial score (nSPS) is 17.1. The van der Waals surface area contributed by atoms with Crippen LogP contribution in [-0.2, 0) is 16.6 Å². The third-order valence-electron chi connectivity index (χ3n) is 3.87. The summed E-state index contributed by atoms with van der Waals surface area (Å²) in [5, 5.41) is 0. The van der Waals surface area contributed by atoms with Crippen LogP contribution in [0.15, 0.2) is 17.0 Å². The van der Waals surface area contributed by atoms with E-state index in [0.717, 1.165) is 37.8 Å². The van der Waals surface area contributed by atoms with E-state index < -0.39 is 26.6 Å². The molecule has 1 aromatic rings. The highest BCUT2D eigenvalue weighted by Crippen LogP contribution is 2.24. The molecule has 0 radical (unpaired) electrons. The molecule has 0 aliphatic heterocycles. The zero-order valence-electron chi connectivity index (χ0n) is 11.7. The fraction of sp³-hybridized carbons (Fsp3) is 0.571. The lowest BCUT2D eigenvalue weighted by atomic mass is 9.90. The third-order valence-corrected chi connectivity index (χ3v) is 5.29. The Morgan fingerprint density at radius 3 is 2.48 bits per heavy atom. The predicted molar refractivity (Wildman–Crippen MR) is 76.0 cm³/mol. The standard InChI is InChI=1S/C14H20F2N2O2S/c15-12-6-11(8-17)7-13(14(12)16)21(19,20)18-9-10-4-2-1-3-5-10/h6-7,10,18H,1-5,8-9,17H2. The van der Waals surface area contributed by atoms with Gasteiger partial charge < -0.3 is 5.73 Å². The molecule has 0 unspecified atom stereocenters. The van der Waals surface area contributed by atoms with Crippen LogP contribution in [0.1, 0.15) is 37.7 Å². The van der Waals surface area contributed by atoms with Gasteiger partial charge in [0.2, 0.25) is 10.0 Å². The molecule has 0 bridgehead atoms. The van der Waals surface area contributed by atoms with Crippen molar-refractivity contribution in [3.05, 3.63) is 29.3 Å². The van der Waals surface area contributed by atoms with Gasteiger partial charge in [-0.15, -0.1) is 0 Å². The Morgan fingerprint density at radius 2 is 1.86 bits per heavy atom. The first-order chi connectivity index (χ1) is 9.94. The second-order valence-corrected chi connectivity index (χ2v) is 7.19. The number of sulfonamides is 1. The summed E-state index contributed by atoms with van der Waals surface area (Å²) in [6, 6.07) is 2.00. The average Bonchev–Trinajstić information content (AvgIpc) is 2.48. The summed E-state index contributed by atoms with van der Waals surface area (Å²) in [5.74, 6) is -2.29. The highest BCUT2D eigenvalue weighted by molar-refractivity contribution is 7.89. The summed E-state index contributed by atoms with van der Waals surface area (Å²) >= 11 is 0. The van der Waals surface area contributed by atoms with Crippen molar-refractivity contribution in [3.63, 3.8) is 0 Å². The average molecular weight is 318 g/mol. The van der Waals surface area contributed by atoms with Gasteiger partial charge in [0, 0.05) is 13.1 Å². The van der Waals surface area contributed by atoms with Crippen molar-refractivity contribution in [1.82, 2.24) is 4.72 Å². The maximum absolute atomic E-state index is 13.7. The second-order valence-electron chi connectivity index (χ2n) is 5.45. The molecule has 1 aliphatic carbocycles. The fourth-order valence-electron chi connectivity index (χ4n) is 2.63. The van der Waals surface area contributed by atoms with Crippen LogP contribution in [-0.4, -0.2) is 15.0 Å². The summed E-state index contributed by atoms with van der Waals surface area (Å²) in [4.78, 5) is -0.668. The molecule has 0 amide bonds. The predicted octanol–water partition coefficient (Wildman–Crippen LogP) is 2.28. The Hall–Kier alpha value is -1.05. The van der Waals surface area contributed by atoms with E-state index in [2.05, 4.69) is 4.72 Å². The molecule has 7 heteroatoms. The van der Waals surface area contributed by atoms with Crippen LogP contribution in [0.5, 0.6) is 0 Å². The smallest absolute Gasteiger partial charge is 0.243 e. The van der Waals surface area contributed by atoms with Gasteiger partial charge in [0.05, 0.1) is 0 Å². The highest BCUT2D eigenvalue weighted by atomic mass is 32.2. The first-order valence-electron chi connectivity index (χ1n) is 7.11. The summed E-state index contributed by atoms with van der Waals surface area (Å²) in [5.41, 5.74) is 5.61. The lowest BCUT2D eigenvalue weighted by molar-refractivity contribution is 0.357. The first-order valence-corrected chi connectivity index (χ1v) is 8.60. The molecule has 0 atom stereocenters. The van der Waals surface area contributed by atoms with E-state index in [1.165, 1.54) is 6.42 Å². The van der Waals surface area contributed by atoms with Crippen molar-refractivity contribution >= 4 is 10.0 Å². The number of nitrogens with two attached hydrogens (primary N) is 1. The second kappa shape index (κ2) is 6.81. The number of rotatable bonds is 5. The zero-order chi connectivity index (χ0) is 15.5. The number of nitrogens with one attached hydrogen (secondary N) is 1. The number of hydrogen-bond donors (Lipinski definition) is 2. The van der Waals surface area contributed by atoms with Crippen molar-refractivity contribution in [3.8, 4) is 0 Å². The van der Waals surface area contributed by atoms with E-state index in [9.17, 15) is 17.2 Å². The molecule has 118 valence electrons. The van der Waals surface area contributed by atoms with Gasteiger partial charge in [0.1, 0.15) is 4.90 Å². The largest absolute Gasteiger partial charge is 0.326 e. The molecule has 1 aromatic carbocycles. The molecular weight excluding hydrogens is 298 g/mol. The molecule has 2 rings (SSSR count). The van der Waals surface area contributed by atoms with Crippen LogP contribution in [0.25, 0.3) is 0 Å². The minimum absolute atomic E-state index is 0.0532. The fourth-order valence-corrected chi connectivity index (χ4v) is 3.88. The van der Waals surface area contributed by atoms with Gasteiger partial charge in [-0.05, 0) is 36.5 Å². The zero-order valence-corrected chi connectivity index (χ0v) is 12.6. The van der Waals surface area contributed by atoms with E-state index >= 15 is 0 Å². The molecule has 1 saturated carbocycles. The molecule has 4 nitrogen and oxygen atoms in total. The van der Waals surface area contributed by atoms with Crippen LogP contribution < -0.4 is 10.5 Å². The van der Waals surface area contributed by atoms with Gasteiger partial charge in [0.15, 0.2) is 11.6 Å². The van der Waals surface area contributed by atoms with E-state index in [-0.39, 0.29) is 24.6 Å². The van der Waals surface area contributed by atoms with Crippen LogP contribution in [0, 0.1) is 17.6 Å². The molecule has 0 aromatic heterocycles. The number of halogens is 2. The van der Waals surface area contributed by atoms with Gasteiger partial charge in [-0.2, -0.15) is 0 Å². The topological polar surface area (TPSA) is 72.2 Å². The summed E-state index contributed by atoms with van der Waals surface area (Å²) in [6.07, 6.45) is 5.25. The van der Waals surface area contributed by atoms with Gasteiger partial charge >= 0.3 is 0 Å². The first kappa shape index (κ1) is 16.3. The van der Waals surface area contributed by atoms with Gasteiger partial charge in [-0.3, -0.25) is 0 Å². The van der Waals surface area contributed by atoms with Crippen molar-refractivity contribution in [1.29, 1.82) is 0 Å². The lowest BCUT2D eigenvalue weighted by Gasteiger charge is -2.21. The van der Waals surface area contributed by atoms with Crippen LogP contribution in [0.2, 0.25) is 0 Å². The molecule has 0 spiro atoms. The van der Waals surface area contributed by atoms with E-state index in [1.807, 2.05) is 0 Å². The van der Waals surface area contributed by atoms with Crippen LogP contribution in [0.4, 0.5) is 8.78 Å². The molecule has 0 heterocycles. The van der Waals surface area contributed by atoms with Crippen LogP contribution >= 0.6 is 0 Å². The van der Waals surface area contributed by atoms with Crippen molar-refractivity contribution in [2.24, 2.45) is 11.7 Å². The summed E-state index contributed by atoms with van der Waals surface area (Å²) < 4.78 is 53.9. The summed E-state index contributed by atoms with van der Waals surface area (Å²) in [6.45, 7) is 0.207. The molecule has 21 heavy (non-hydrogen) atoms. The van der Waals surface area contributed by atoms with Crippen LogP contribution in [0.3, 0.4) is 0 Å². The number of benzene rings is 1. The van der Waals surface area contributed by atoms with Crippen molar-refractivity contribution in [2.75, 3.05) is 6.54 Å². The monoisotopic (exact) mass is 318 g/mol. The van der Waals surface area contributed by atoms with Gasteiger partial charge in [0.25, 0.3) is 0 Å². The van der Waals surface area contributed by atoms with E-state index in [1.54, 1.807) is 0 Å². The third kappa shape index (κ3) is 3.99.